The maximum absolute atomic E-state index is 12.8. The number of carbonyl (C=O) groups is 1. The molecule has 0 aliphatic carbocycles. The van der Waals surface area contributed by atoms with Gasteiger partial charge in [0.15, 0.2) is 0 Å². The maximum Gasteiger partial charge on any atom is 0.227 e. The number of hydrogen-bond donors (Lipinski definition) is 1. The van der Waals surface area contributed by atoms with Crippen LogP contribution in [0.2, 0.25) is 0 Å². The molecule has 1 aromatic carbocycles. The van der Waals surface area contributed by atoms with E-state index in [1.807, 2.05) is 4.90 Å². The number of aliphatic hydroxyl groups is 1. The standard InChI is InChI=1S/C15H21FN2O2/c16-14-4-2-13(3-5-14)12-15(20)18-7-1-6-17(8-9-18)10-11-19/h2-5,19H,1,6-12H2. The zero-order valence-electron chi connectivity index (χ0n) is 11.6. The lowest BCUT2D eigenvalue weighted by atomic mass is 10.1. The van der Waals surface area contributed by atoms with Crippen molar-refractivity contribution >= 4 is 5.91 Å². The molecule has 1 aliphatic rings. The Bertz CT molecular complexity index is 436. The van der Waals surface area contributed by atoms with E-state index in [1.165, 1.54) is 12.1 Å². The first kappa shape index (κ1) is 14.9. The summed E-state index contributed by atoms with van der Waals surface area (Å²) in [5.41, 5.74) is 0.841. The van der Waals surface area contributed by atoms with Crippen molar-refractivity contribution in [2.75, 3.05) is 39.3 Å². The van der Waals surface area contributed by atoms with Crippen LogP contribution in [0.4, 0.5) is 4.39 Å². The van der Waals surface area contributed by atoms with Gasteiger partial charge in [-0.3, -0.25) is 9.69 Å². The monoisotopic (exact) mass is 280 g/mol. The molecule has 110 valence electrons. The minimum absolute atomic E-state index is 0.0856. The van der Waals surface area contributed by atoms with Crippen LogP contribution in [-0.2, 0) is 11.2 Å². The summed E-state index contributed by atoms with van der Waals surface area (Å²) in [6, 6.07) is 6.08. The van der Waals surface area contributed by atoms with E-state index in [-0.39, 0.29) is 18.3 Å². The molecule has 20 heavy (non-hydrogen) atoms. The van der Waals surface area contributed by atoms with E-state index >= 15 is 0 Å². The molecule has 0 atom stereocenters. The van der Waals surface area contributed by atoms with E-state index in [1.54, 1.807) is 12.1 Å². The highest BCUT2D eigenvalue weighted by atomic mass is 19.1. The Labute approximate surface area is 118 Å². The summed E-state index contributed by atoms with van der Waals surface area (Å²) in [7, 11) is 0. The molecule has 0 radical (unpaired) electrons. The van der Waals surface area contributed by atoms with E-state index in [0.29, 0.717) is 19.5 Å². The van der Waals surface area contributed by atoms with Crippen LogP contribution in [0.1, 0.15) is 12.0 Å². The number of β-amino-alcohol motifs (C(OH)–C–C–N with tert-alkyl or cyclic N) is 1. The lowest BCUT2D eigenvalue weighted by Gasteiger charge is -2.21. The normalized spacial score (nSPS) is 17.0. The molecule has 5 heteroatoms. The van der Waals surface area contributed by atoms with Crippen LogP contribution in [0.25, 0.3) is 0 Å². The number of benzene rings is 1. The maximum atomic E-state index is 12.8. The predicted octanol–water partition coefficient (Wildman–Crippen LogP) is 0.895. The fourth-order valence-electron chi connectivity index (χ4n) is 2.47. The largest absolute Gasteiger partial charge is 0.395 e. The Morgan fingerprint density at radius 3 is 2.60 bits per heavy atom. The molecule has 1 aromatic rings. The quantitative estimate of drug-likeness (QED) is 0.891. The second kappa shape index (κ2) is 7.36. The van der Waals surface area contributed by atoms with Gasteiger partial charge in [0, 0.05) is 26.2 Å². The van der Waals surface area contributed by atoms with Gasteiger partial charge >= 0.3 is 0 Å². The lowest BCUT2D eigenvalue weighted by Crippen LogP contribution is -2.36. The van der Waals surface area contributed by atoms with Crippen molar-refractivity contribution in [2.24, 2.45) is 0 Å². The van der Waals surface area contributed by atoms with Gasteiger partial charge in [-0.1, -0.05) is 12.1 Å². The Hall–Kier alpha value is -1.46. The predicted molar refractivity (Wildman–Crippen MR) is 74.8 cm³/mol. The van der Waals surface area contributed by atoms with Crippen molar-refractivity contribution in [3.05, 3.63) is 35.6 Å². The summed E-state index contributed by atoms with van der Waals surface area (Å²) in [5.74, 6) is -0.196. The Kier molecular flexibility index (Phi) is 5.49. The molecule has 1 N–H and O–H groups in total. The first-order chi connectivity index (χ1) is 9.69. The summed E-state index contributed by atoms with van der Waals surface area (Å²) in [6.45, 7) is 3.99. The molecule has 1 aliphatic heterocycles. The average molecular weight is 280 g/mol. The van der Waals surface area contributed by atoms with E-state index in [9.17, 15) is 9.18 Å². The average Bonchev–Trinajstić information content (AvgIpc) is 2.67. The number of nitrogens with zero attached hydrogens (tertiary/aromatic N) is 2. The third kappa shape index (κ3) is 4.28. The first-order valence-corrected chi connectivity index (χ1v) is 7.04. The molecule has 1 heterocycles. The Morgan fingerprint density at radius 2 is 1.90 bits per heavy atom. The number of carbonyl (C=O) groups excluding carboxylic acids is 1. The van der Waals surface area contributed by atoms with E-state index < -0.39 is 0 Å². The minimum atomic E-state index is -0.282. The van der Waals surface area contributed by atoms with E-state index in [0.717, 1.165) is 31.6 Å². The Balaban J connectivity index is 1.87. The highest BCUT2D eigenvalue weighted by Crippen LogP contribution is 2.08. The first-order valence-electron chi connectivity index (χ1n) is 7.04. The molecule has 4 nitrogen and oxygen atoms in total. The number of amides is 1. The minimum Gasteiger partial charge on any atom is -0.395 e. The molecular formula is C15H21FN2O2. The summed E-state index contributed by atoms with van der Waals surface area (Å²) in [4.78, 5) is 16.3. The van der Waals surface area contributed by atoms with Crippen LogP contribution >= 0.6 is 0 Å². The van der Waals surface area contributed by atoms with Gasteiger partial charge in [0.05, 0.1) is 13.0 Å². The molecule has 0 unspecified atom stereocenters. The number of halogens is 1. The van der Waals surface area contributed by atoms with Gasteiger partial charge in [-0.15, -0.1) is 0 Å². The molecule has 2 rings (SSSR count). The van der Waals surface area contributed by atoms with Crippen molar-refractivity contribution in [1.82, 2.24) is 9.80 Å². The van der Waals surface area contributed by atoms with Gasteiger partial charge in [-0.25, -0.2) is 4.39 Å². The highest BCUT2D eigenvalue weighted by Gasteiger charge is 2.18. The number of rotatable bonds is 4. The van der Waals surface area contributed by atoms with Gasteiger partial charge in [0.2, 0.25) is 5.91 Å². The van der Waals surface area contributed by atoms with Crippen molar-refractivity contribution in [3.63, 3.8) is 0 Å². The molecule has 1 amide bonds. The summed E-state index contributed by atoms with van der Waals surface area (Å²) in [5, 5.41) is 8.95. The smallest absolute Gasteiger partial charge is 0.227 e. The second-order valence-electron chi connectivity index (χ2n) is 5.10. The molecular weight excluding hydrogens is 259 g/mol. The fourth-order valence-corrected chi connectivity index (χ4v) is 2.47. The highest BCUT2D eigenvalue weighted by molar-refractivity contribution is 5.78. The van der Waals surface area contributed by atoms with Crippen molar-refractivity contribution < 1.29 is 14.3 Å². The van der Waals surface area contributed by atoms with Crippen LogP contribution in [0, 0.1) is 5.82 Å². The van der Waals surface area contributed by atoms with Gasteiger partial charge in [0.25, 0.3) is 0 Å². The van der Waals surface area contributed by atoms with Crippen LogP contribution in [0.5, 0.6) is 0 Å². The molecule has 0 spiro atoms. The zero-order valence-corrected chi connectivity index (χ0v) is 11.6. The van der Waals surface area contributed by atoms with Crippen LogP contribution in [-0.4, -0.2) is 60.1 Å². The fraction of sp³-hybridized carbons (Fsp3) is 0.533. The van der Waals surface area contributed by atoms with Gasteiger partial charge in [0.1, 0.15) is 5.82 Å². The lowest BCUT2D eigenvalue weighted by molar-refractivity contribution is -0.130. The zero-order chi connectivity index (χ0) is 14.4. The third-order valence-corrected chi connectivity index (χ3v) is 3.63. The Morgan fingerprint density at radius 1 is 1.15 bits per heavy atom. The third-order valence-electron chi connectivity index (χ3n) is 3.63. The van der Waals surface area contributed by atoms with E-state index in [2.05, 4.69) is 4.90 Å². The summed E-state index contributed by atoms with van der Waals surface area (Å²) >= 11 is 0. The molecule has 1 fully saturated rings. The molecule has 0 bridgehead atoms. The molecule has 1 saturated heterocycles. The SMILES string of the molecule is O=C(Cc1ccc(F)cc1)N1CCCN(CCO)CC1. The number of aliphatic hydroxyl groups excluding tert-OH is 1. The van der Waals surface area contributed by atoms with Crippen molar-refractivity contribution in [3.8, 4) is 0 Å². The van der Waals surface area contributed by atoms with Crippen LogP contribution in [0.15, 0.2) is 24.3 Å². The molecule has 0 aromatic heterocycles. The van der Waals surface area contributed by atoms with Gasteiger partial charge in [-0.2, -0.15) is 0 Å². The van der Waals surface area contributed by atoms with Crippen molar-refractivity contribution in [2.45, 2.75) is 12.8 Å². The van der Waals surface area contributed by atoms with Crippen LogP contribution < -0.4 is 0 Å². The van der Waals surface area contributed by atoms with Crippen molar-refractivity contribution in [1.29, 1.82) is 0 Å². The number of hydrogen-bond acceptors (Lipinski definition) is 3. The van der Waals surface area contributed by atoms with Crippen LogP contribution in [0.3, 0.4) is 0 Å². The van der Waals surface area contributed by atoms with Gasteiger partial charge in [-0.05, 0) is 30.7 Å². The summed E-state index contributed by atoms with van der Waals surface area (Å²) < 4.78 is 12.8. The summed E-state index contributed by atoms with van der Waals surface area (Å²) in [6.07, 6.45) is 1.25. The van der Waals surface area contributed by atoms with E-state index in [4.69, 9.17) is 5.11 Å². The molecule has 0 saturated carbocycles. The topological polar surface area (TPSA) is 43.8 Å². The van der Waals surface area contributed by atoms with Gasteiger partial charge < -0.3 is 10.0 Å². The second-order valence-corrected chi connectivity index (χ2v) is 5.10.